The van der Waals surface area contributed by atoms with Gasteiger partial charge in [-0.3, -0.25) is 9.59 Å². The van der Waals surface area contributed by atoms with Crippen LogP contribution in [0.4, 0.5) is 0 Å². The Bertz CT molecular complexity index is 237. The second-order valence-electron chi connectivity index (χ2n) is 3.88. The highest BCUT2D eigenvalue weighted by Crippen LogP contribution is 2.19. The maximum atomic E-state index is 11.6. The Morgan fingerprint density at radius 2 is 1.86 bits per heavy atom. The van der Waals surface area contributed by atoms with Crippen LogP contribution in [-0.2, 0) is 9.59 Å². The highest BCUT2D eigenvalue weighted by Gasteiger charge is 2.39. The van der Waals surface area contributed by atoms with Crippen molar-refractivity contribution < 1.29 is 19.8 Å². The van der Waals surface area contributed by atoms with Gasteiger partial charge in [0.2, 0.25) is 5.91 Å². The largest absolute Gasteiger partial charge is 0.480 e. The van der Waals surface area contributed by atoms with Gasteiger partial charge in [-0.15, -0.1) is 0 Å². The quantitative estimate of drug-likeness (QED) is 0.627. The van der Waals surface area contributed by atoms with Gasteiger partial charge in [-0.25, -0.2) is 0 Å². The third kappa shape index (κ3) is 2.45. The number of carboxylic acids is 1. The van der Waals surface area contributed by atoms with Gasteiger partial charge in [0.15, 0.2) is 0 Å². The summed E-state index contributed by atoms with van der Waals surface area (Å²) in [6.45, 7) is 4.16. The van der Waals surface area contributed by atoms with Crippen LogP contribution in [0.3, 0.4) is 0 Å². The molecule has 0 aromatic rings. The standard InChI is InChI=1S/C9H17NO4/c1-6(5-11)10(4)7(12)9(2,3)8(13)14/h6,11H,5H2,1-4H3,(H,13,14). The summed E-state index contributed by atoms with van der Waals surface area (Å²) in [7, 11) is 1.48. The first-order chi connectivity index (χ1) is 6.25. The number of aliphatic hydroxyl groups excluding tert-OH is 1. The van der Waals surface area contributed by atoms with E-state index in [9.17, 15) is 9.59 Å². The number of rotatable bonds is 4. The fourth-order valence-corrected chi connectivity index (χ4v) is 0.855. The van der Waals surface area contributed by atoms with Gasteiger partial charge in [0.1, 0.15) is 5.41 Å². The fourth-order valence-electron chi connectivity index (χ4n) is 0.855. The molecule has 0 aliphatic heterocycles. The SMILES string of the molecule is CC(CO)N(C)C(=O)C(C)(C)C(=O)O. The van der Waals surface area contributed by atoms with E-state index in [1.807, 2.05) is 0 Å². The topological polar surface area (TPSA) is 77.8 Å². The molecule has 14 heavy (non-hydrogen) atoms. The normalized spacial score (nSPS) is 13.5. The van der Waals surface area contributed by atoms with Crippen LogP contribution < -0.4 is 0 Å². The van der Waals surface area contributed by atoms with E-state index in [1.165, 1.54) is 25.8 Å². The smallest absolute Gasteiger partial charge is 0.318 e. The molecule has 0 saturated heterocycles. The summed E-state index contributed by atoms with van der Waals surface area (Å²) in [5, 5.41) is 17.6. The second-order valence-corrected chi connectivity index (χ2v) is 3.88. The minimum absolute atomic E-state index is 0.183. The first kappa shape index (κ1) is 12.9. The van der Waals surface area contributed by atoms with Gasteiger partial charge in [-0.2, -0.15) is 0 Å². The number of hydrogen-bond donors (Lipinski definition) is 2. The van der Waals surface area contributed by atoms with Crippen molar-refractivity contribution in [2.45, 2.75) is 26.8 Å². The van der Waals surface area contributed by atoms with Crippen LogP contribution in [0.2, 0.25) is 0 Å². The summed E-state index contributed by atoms with van der Waals surface area (Å²) in [6.07, 6.45) is 0. The van der Waals surface area contributed by atoms with Crippen molar-refractivity contribution >= 4 is 11.9 Å². The molecule has 2 N–H and O–H groups in total. The average molecular weight is 203 g/mol. The molecule has 0 bridgehead atoms. The number of nitrogens with zero attached hydrogens (tertiary/aromatic N) is 1. The molecule has 5 nitrogen and oxygen atoms in total. The molecule has 0 aliphatic rings. The number of carbonyl (C=O) groups excluding carboxylic acids is 1. The van der Waals surface area contributed by atoms with Crippen molar-refractivity contribution in [1.82, 2.24) is 4.90 Å². The van der Waals surface area contributed by atoms with Crippen molar-refractivity contribution in [3.8, 4) is 0 Å². The highest BCUT2D eigenvalue weighted by molar-refractivity contribution is 6.00. The van der Waals surface area contributed by atoms with Gasteiger partial charge in [0.05, 0.1) is 12.6 Å². The van der Waals surface area contributed by atoms with Crippen LogP contribution >= 0.6 is 0 Å². The van der Waals surface area contributed by atoms with E-state index in [0.717, 1.165) is 0 Å². The van der Waals surface area contributed by atoms with E-state index in [2.05, 4.69) is 0 Å². The zero-order valence-corrected chi connectivity index (χ0v) is 8.94. The molecule has 0 aliphatic carbocycles. The summed E-state index contributed by atoms with van der Waals surface area (Å²) in [4.78, 5) is 23.7. The number of likely N-dealkylation sites (N-methyl/N-ethyl adjacent to an activating group) is 1. The molecule has 0 fully saturated rings. The Labute approximate surface area is 83.3 Å². The predicted molar refractivity (Wildman–Crippen MR) is 50.7 cm³/mol. The monoisotopic (exact) mass is 203 g/mol. The molecule has 1 atom stereocenters. The Hall–Kier alpha value is -1.10. The number of aliphatic carboxylic acids is 1. The number of aliphatic hydroxyl groups is 1. The van der Waals surface area contributed by atoms with Gasteiger partial charge in [-0.05, 0) is 20.8 Å². The van der Waals surface area contributed by atoms with Gasteiger partial charge >= 0.3 is 5.97 Å². The molecular weight excluding hydrogens is 186 g/mol. The van der Waals surface area contributed by atoms with Gasteiger partial charge < -0.3 is 15.1 Å². The van der Waals surface area contributed by atoms with Crippen molar-refractivity contribution in [2.24, 2.45) is 5.41 Å². The predicted octanol–water partition coefficient (Wildman–Crippen LogP) is -0.0636. The van der Waals surface area contributed by atoms with Gasteiger partial charge in [0, 0.05) is 7.05 Å². The third-order valence-corrected chi connectivity index (χ3v) is 2.32. The maximum absolute atomic E-state index is 11.6. The summed E-state index contributed by atoms with van der Waals surface area (Å²) < 4.78 is 0. The minimum atomic E-state index is -1.45. The molecule has 0 heterocycles. The number of amides is 1. The number of carboxylic acid groups (broad SMARTS) is 1. The van der Waals surface area contributed by atoms with Crippen molar-refractivity contribution in [3.05, 3.63) is 0 Å². The molecule has 0 radical (unpaired) electrons. The van der Waals surface area contributed by atoms with E-state index in [4.69, 9.17) is 10.2 Å². The molecular formula is C9H17NO4. The first-order valence-electron chi connectivity index (χ1n) is 4.36. The summed E-state index contributed by atoms with van der Waals surface area (Å²) in [5.74, 6) is -1.67. The average Bonchev–Trinajstić information content (AvgIpc) is 2.13. The molecule has 0 spiro atoms. The van der Waals surface area contributed by atoms with E-state index in [1.54, 1.807) is 6.92 Å². The molecule has 1 amide bonds. The second kappa shape index (κ2) is 4.41. The van der Waals surface area contributed by atoms with Crippen LogP contribution in [-0.4, -0.2) is 46.7 Å². The zero-order chi connectivity index (χ0) is 11.5. The van der Waals surface area contributed by atoms with Crippen LogP contribution in [0.1, 0.15) is 20.8 Å². The van der Waals surface area contributed by atoms with Crippen LogP contribution in [0.15, 0.2) is 0 Å². The van der Waals surface area contributed by atoms with Crippen molar-refractivity contribution in [3.63, 3.8) is 0 Å². The highest BCUT2D eigenvalue weighted by atomic mass is 16.4. The molecule has 0 aromatic carbocycles. The summed E-state index contributed by atoms with van der Waals surface area (Å²) in [5.41, 5.74) is -1.45. The van der Waals surface area contributed by atoms with E-state index in [-0.39, 0.29) is 12.6 Å². The lowest BCUT2D eigenvalue weighted by Crippen LogP contribution is -2.47. The van der Waals surface area contributed by atoms with Crippen LogP contribution in [0.5, 0.6) is 0 Å². The summed E-state index contributed by atoms with van der Waals surface area (Å²) >= 11 is 0. The lowest BCUT2D eigenvalue weighted by molar-refractivity contribution is -0.158. The van der Waals surface area contributed by atoms with Crippen LogP contribution in [0.25, 0.3) is 0 Å². The maximum Gasteiger partial charge on any atom is 0.318 e. The Kier molecular flexibility index (Phi) is 4.07. The Morgan fingerprint density at radius 1 is 1.43 bits per heavy atom. The first-order valence-corrected chi connectivity index (χ1v) is 4.36. The number of hydrogen-bond acceptors (Lipinski definition) is 3. The van der Waals surface area contributed by atoms with E-state index in [0.29, 0.717) is 0 Å². The molecule has 1 unspecified atom stereocenters. The van der Waals surface area contributed by atoms with Gasteiger partial charge in [0.25, 0.3) is 0 Å². The molecule has 0 rings (SSSR count). The lowest BCUT2D eigenvalue weighted by Gasteiger charge is -2.29. The Balaban J connectivity index is 4.70. The molecule has 5 heteroatoms. The molecule has 82 valence electrons. The zero-order valence-electron chi connectivity index (χ0n) is 8.94. The Morgan fingerprint density at radius 3 is 2.14 bits per heavy atom. The van der Waals surface area contributed by atoms with Crippen LogP contribution in [0, 0.1) is 5.41 Å². The fraction of sp³-hybridized carbons (Fsp3) is 0.778. The number of carbonyl (C=O) groups is 2. The lowest BCUT2D eigenvalue weighted by atomic mass is 9.91. The van der Waals surface area contributed by atoms with E-state index < -0.39 is 17.3 Å². The molecule has 0 aromatic heterocycles. The van der Waals surface area contributed by atoms with E-state index >= 15 is 0 Å². The third-order valence-electron chi connectivity index (χ3n) is 2.32. The van der Waals surface area contributed by atoms with Crippen molar-refractivity contribution in [1.29, 1.82) is 0 Å². The van der Waals surface area contributed by atoms with Crippen molar-refractivity contribution in [2.75, 3.05) is 13.7 Å². The molecule has 0 saturated carbocycles. The van der Waals surface area contributed by atoms with Gasteiger partial charge in [-0.1, -0.05) is 0 Å². The summed E-state index contributed by atoms with van der Waals surface area (Å²) in [6, 6.07) is -0.374. The minimum Gasteiger partial charge on any atom is -0.480 e.